The summed E-state index contributed by atoms with van der Waals surface area (Å²) in [5.74, 6) is 2.15. The van der Waals surface area contributed by atoms with Crippen molar-refractivity contribution < 1.29 is 13.9 Å². The number of rotatable bonds is 4. The minimum absolute atomic E-state index is 0.185. The molecule has 1 saturated heterocycles. The van der Waals surface area contributed by atoms with Gasteiger partial charge in [-0.05, 0) is 70.6 Å². The molecule has 3 rings (SSSR count). The minimum Gasteiger partial charge on any atom is -0.437 e. The van der Waals surface area contributed by atoms with Crippen molar-refractivity contribution in [3.8, 4) is 11.6 Å². The topological polar surface area (TPSA) is 51.2 Å². The summed E-state index contributed by atoms with van der Waals surface area (Å²) in [6.07, 6.45) is 3.49. The highest BCUT2D eigenvalue weighted by Crippen LogP contribution is 2.31. The zero-order valence-corrected chi connectivity index (χ0v) is 15.2. The molecule has 0 aliphatic carbocycles. The Labute approximate surface area is 152 Å². The number of aromatic nitrogens is 1. The Morgan fingerprint density at radius 2 is 2.12 bits per heavy atom. The van der Waals surface area contributed by atoms with Gasteiger partial charge < -0.3 is 10.1 Å². The first-order valence-corrected chi connectivity index (χ1v) is 9.55. The Morgan fingerprint density at radius 3 is 2.88 bits per heavy atom. The van der Waals surface area contributed by atoms with Crippen LogP contribution in [0.4, 0.5) is 4.39 Å². The summed E-state index contributed by atoms with van der Waals surface area (Å²) in [5.41, 5.74) is 0.368. The molecule has 0 saturated carbocycles. The molecule has 2 heterocycles. The quantitative estimate of drug-likeness (QED) is 0.811. The molecule has 1 fully saturated rings. The number of carbonyl (C=O) groups excluding carboxylic acids is 1. The molecular formula is C17H16BrFN2O2S. The van der Waals surface area contributed by atoms with Crippen molar-refractivity contribution >= 4 is 33.6 Å². The number of pyridine rings is 1. The molecule has 0 spiro atoms. The maximum absolute atomic E-state index is 13.2. The summed E-state index contributed by atoms with van der Waals surface area (Å²) in [4.78, 5) is 16.7. The molecule has 1 aromatic carbocycles. The summed E-state index contributed by atoms with van der Waals surface area (Å²) in [6.45, 7) is 0. The number of thioether (sulfide) groups is 1. The van der Waals surface area contributed by atoms with Gasteiger partial charge in [0.2, 0.25) is 5.88 Å². The van der Waals surface area contributed by atoms with Gasteiger partial charge in [0, 0.05) is 12.2 Å². The average molecular weight is 411 g/mol. The maximum Gasteiger partial charge on any atom is 0.257 e. The number of hydrogen-bond acceptors (Lipinski definition) is 4. The number of carbonyl (C=O) groups is 1. The number of amides is 1. The lowest BCUT2D eigenvalue weighted by atomic mass is 10.1. The van der Waals surface area contributed by atoms with E-state index < -0.39 is 0 Å². The fourth-order valence-corrected chi connectivity index (χ4v) is 3.95. The minimum atomic E-state index is -0.372. The van der Waals surface area contributed by atoms with Crippen molar-refractivity contribution in [1.82, 2.24) is 10.3 Å². The van der Waals surface area contributed by atoms with Gasteiger partial charge in [0.25, 0.3) is 5.91 Å². The van der Waals surface area contributed by atoms with Gasteiger partial charge in [-0.3, -0.25) is 4.79 Å². The summed E-state index contributed by atoms with van der Waals surface area (Å²) in [6, 6.07) is 7.64. The number of nitrogens with one attached hydrogen (secondary N) is 1. The van der Waals surface area contributed by atoms with E-state index in [0.29, 0.717) is 15.8 Å². The van der Waals surface area contributed by atoms with E-state index >= 15 is 0 Å². The molecular weight excluding hydrogens is 395 g/mol. The van der Waals surface area contributed by atoms with E-state index in [1.54, 1.807) is 18.3 Å². The Hall–Kier alpha value is -1.60. The van der Waals surface area contributed by atoms with Gasteiger partial charge >= 0.3 is 0 Å². The van der Waals surface area contributed by atoms with E-state index in [2.05, 4.69) is 26.2 Å². The molecule has 2 aromatic rings. The van der Waals surface area contributed by atoms with E-state index in [9.17, 15) is 9.18 Å². The van der Waals surface area contributed by atoms with E-state index in [1.807, 2.05) is 11.8 Å². The van der Waals surface area contributed by atoms with Crippen LogP contribution in [0.25, 0.3) is 0 Å². The van der Waals surface area contributed by atoms with Gasteiger partial charge in [-0.15, -0.1) is 0 Å². The number of nitrogens with zero attached hydrogens (tertiary/aromatic N) is 1. The third-order valence-electron chi connectivity index (χ3n) is 3.67. The van der Waals surface area contributed by atoms with Crippen molar-refractivity contribution in [3.05, 3.63) is 52.4 Å². The van der Waals surface area contributed by atoms with Crippen LogP contribution in [0.1, 0.15) is 23.2 Å². The van der Waals surface area contributed by atoms with Gasteiger partial charge in [-0.2, -0.15) is 11.8 Å². The van der Waals surface area contributed by atoms with Gasteiger partial charge in [0.1, 0.15) is 17.1 Å². The Morgan fingerprint density at radius 1 is 1.33 bits per heavy atom. The smallest absolute Gasteiger partial charge is 0.257 e. The van der Waals surface area contributed by atoms with E-state index in [4.69, 9.17) is 4.74 Å². The first kappa shape index (κ1) is 17.2. The zero-order chi connectivity index (χ0) is 16.9. The molecule has 4 nitrogen and oxygen atoms in total. The average Bonchev–Trinajstić information content (AvgIpc) is 2.59. The van der Waals surface area contributed by atoms with Crippen LogP contribution in [0.15, 0.2) is 41.0 Å². The molecule has 0 bridgehead atoms. The molecule has 7 heteroatoms. The van der Waals surface area contributed by atoms with Crippen LogP contribution in [-0.2, 0) is 0 Å². The fraction of sp³-hybridized carbons (Fsp3) is 0.294. The van der Waals surface area contributed by atoms with E-state index in [-0.39, 0.29) is 23.6 Å². The largest absolute Gasteiger partial charge is 0.437 e. The number of halogens is 2. The second kappa shape index (κ2) is 7.98. The monoisotopic (exact) mass is 410 g/mol. The highest BCUT2D eigenvalue weighted by atomic mass is 79.9. The van der Waals surface area contributed by atoms with Crippen molar-refractivity contribution in [3.63, 3.8) is 0 Å². The second-order valence-corrected chi connectivity index (χ2v) is 7.47. The zero-order valence-electron chi connectivity index (χ0n) is 12.8. The Kier molecular flexibility index (Phi) is 5.73. The predicted octanol–water partition coefficient (Wildman–Crippen LogP) is 4.40. The van der Waals surface area contributed by atoms with Gasteiger partial charge in [0.05, 0.1) is 4.47 Å². The number of hydrogen-bond donors (Lipinski definition) is 1. The first-order chi connectivity index (χ1) is 11.6. The molecule has 1 N–H and O–H groups in total. The van der Waals surface area contributed by atoms with Crippen LogP contribution < -0.4 is 10.1 Å². The van der Waals surface area contributed by atoms with Crippen LogP contribution in [0.5, 0.6) is 11.6 Å². The first-order valence-electron chi connectivity index (χ1n) is 7.60. The summed E-state index contributed by atoms with van der Waals surface area (Å²) in [7, 11) is 0. The van der Waals surface area contributed by atoms with Crippen LogP contribution >= 0.6 is 27.7 Å². The summed E-state index contributed by atoms with van der Waals surface area (Å²) < 4.78 is 19.4. The molecule has 24 heavy (non-hydrogen) atoms. The van der Waals surface area contributed by atoms with Crippen molar-refractivity contribution in [2.45, 2.75) is 18.9 Å². The summed E-state index contributed by atoms with van der Waals surface area (Å²) >= 11 is 5.16. The third-order valence-corrected chi connectivity index (χ3v) is 5.34. The lowest BCUT2D eigenvalue weighted by Crippen LogP contribution is -2.37. The molecule has 1 amide bonds. The molecule has 126 valence electrons. The van der Waals surface area contributed by atoms with Crippen LogP contribution in [0.3, 0.4) is 0 Å². The van der Waals surface area contributed by atoms with E-state index in [0.717, 1.165) is 24.3 Å². The predicted molar refractivity (Wildman–Crippen MR) is 96.2 cm³/mol. The SMILES string of the molecule is O=C(NC1CCSCC1)c1cccnc1Oc1ccc(F)cc1Br. The van der Waals surface area contributed by atoms with Crippen LogP contribution in [-0.4, -0.2) is 28.4 Å². The lowest BCUT2D eigenvalue weighted by Gasteiger charge is -2.22. The molecule has 0 unspecified atom stereocenters. The summed E-state index contributed by atoms with van der Waals surface area (Å²) in [5, 5.41) is 3.04. The number of benzene rings is 1. The van der Waals surface area contributed by atoms with Crippen molar-refractivity contribution in [2.24, 2.45) is 0 Å². The lowest BCUT2D eigenvalue weighted by molar-refractivity contribution is 0.0932. The van der Waals surface area contributed by atoms with Gasteiger partial charge in [-0.1, -0.05) is 0 Å². The standard InChI is InChI=1S/C17H16BrFN2O2S/c18-14-10-11(19)3-4-15(14)23-17-13(2-1-7-20-17)16(22)21-12-5-8-24-9-6-12/h1-4,7,10,12H,5-6,8-9H2,(H,21,22). The third kappa shape index (κ3) is 4.27. The maximum atomic E-state index is 13.2. The molecule has 1 aliphatic heterocycles. The van der Waals surface area contributed by atoms with Crippen molar-refractivity contribution in [1.29, 1.82) is 0 Å². The Bertz CT molecular complexity index is 738. The fourth-order valence-electron chi connectivity index (χ4n) is 2.41. The Balaban J connectivity index is 1.78. The normalized spacial score (nSPS) is 15.1. The van der Waals surface area contributed by atoms with Gasteiger partial charge in [0.15, 0.2) is 0 Å². The number of ether oxygens (including phenoxy) is 1. The highest BCUT2D eigenvalue weighted by molar-refractivity contribution is 9.10. The second-order valence-electron chi connectivity index (χ2n) is 5.39. The van der Waals surface area contributed by atoms with Crippen molar-refractivity contribution in [2.75, 3.05) is 11.5 Å². The van der Waals surface area contributed by atoms with Crippen LogP contribution in [0, 0.1) is 5.82 Å². The van der Waals surface area contributed by atoms with Crippen LogP contribution in [0.2, 0.25) is 0 Å². The highest BCUT2D eigenvalue weighted by Gasteiger charge is 2.20. The molecule has 0 radical (unpaired) electrons. The molecule has 0 atom stereocenters. The van der Waals surface area contributed by atoms with Gasteiger partial charge in [-0.25, -0.2) is 9.37 Å². The molecule has 1 aliphatic rings. The van der Waals surface area contributed by atoms with E-state index in [1.165, 1.54) is 18.2 Å². The molecule has 1 aromatic heterocycles.